The molecule has 3 aromatic carbocycles. The van der Waals surface area contributed by atoms with Crippen molar-refractivity contribution in [3.63, 3.8) is 0 Å². The number of benzene rings is 3. The first-order valence-corrected chi connectivity index (χ1v) is 11.4. The van der Waals surface area contributed by atoms with Gasteiger partial charge in [0, 0.05) is 15.7 Å². The monoisotopic (exact) mass is 462 g/mol. The number of nitrogens with zero attached hydrogens (tertiary/aromatic N) is 1. The van der Waals surface area contributed by atoms with E-state index in [1.54, 1.807) is 24.3 Å². The lowest BCUT2D eigenvalue weighted by atomic mass is 10.1. The molecule has 0 saturated carbocycles. The first kappa shape index (κ1) is 22.2. The predicted octanol–water partition coefficient (Wildman–Crippen LogP) is 5.39. The number of aryl methyl sites for hydroxylation is 1. The Labute approximate surface area is 186 Å². The molecule has 1 N–H and O–H groups in total. The van der Waals surface area contributed by atoms with Crippen LogP contribution in [0.5, 0.6) is 0 Å². The Morgan fingerprint density at radius 2 is 1.63 bits per heavy atom. The number of anilines is 2. The number of amides is 1. The molecule has 0 bridgehead atoms. The second-order valence-electron chi connectivity index (χ2n) is 6.50. The largest absolute Gasteiger partial charge is 0.324 e. The maximum absolute atomic E-state index is 13.3. The van der Waals surface area contributed by atoms with Crippen molar-refractivity contribution in [3.8, 4) is 0 Å². The van der Waals surface area contributed by atoms with Crippen LogP contribution in [0.25, 0.3) is 0 Å². The van der Waals surface area contributed by atoms with Crippen molar-refractivity contribution in [2.75, 3.05) is 16.2 Å². The van der Waals surface area contributed by atoms with Crippen LogP contribution in [0.4, 0.5) is 11.4 Å². The highest BCUT2D eigenvalue weighted by atomic mass is 35.5. The van der Waals surface area contributed by atoms with Crippen molar-refractivity contribution >= 4 is 50.5 Å². The summed E-state index contributed by atoms with van der Waals surface area (Å²) in [7, 11) is -4.04. The van der Waals surface area contributed by atoms with Crippen molar-refractivity contribution in [1.29, 1.82) is 0 Å². The zero-order valence-corrected chi connectivity index (χ0v) is 18.5. The molecule has 0 aliphatic rings. The summed E-state index contributed by atoms with van der Waals surface area (Å²) in [6.07, 6.45) is 0.734. The van der Waals surface area contributed by atoms with Gasteiger partial charge in [0.15, 0.2) is 0 Å². The van der Waals surface area contributed by atoms with Crippen LogP contribution in [0.2, 0.25) is 10.0 Å². The summed E-state index contributed by atoms with van der Waals surface area (Å²) in [4.78, 5) is 12.8. The lowest BCUT2D eigenvalue weighted by Gasteiger charge is -2.24. The van der Waals surface area contributed by atoms with Crippen LogP contribution in [-0.2, 0) is 21.2 Å². The Kier molecular flexibility index (Phi) is 7.02. The highest BCUT2D eigenvalue weighted by Crippen LogP contribution is 2.27. The van der Waals surface area contributed by atoms with Crippen molar-refractivity contribution < 1.29 is 13.2 Å². The van der Waals surface area contributed by atoms with Gasteiger partial charge in [-0.2, -0.15) is 0 Å². The van der Waals surface area contributed by atoms with Crippen molar-refractivity contribution in [2.24, 2.45) is 0 Å². The summed E-state index contributed by atoms with van der Waals surface area (Å²) < 4.78 is 27.7. The van der Waals surface area contributed by atoms with Gasteiger partial charge in [-0.15, -0.1) is 0 Å². The molecular weight excluding hydrogens is 443 g/mol. The maximum atomic E-state index is 13.3. The maximum Gasteiger partial charge on any atom is 0.264 e. The number of rotatable bonds is 7. The van der Waals surface area contributed by atoms with Gasteiger partial charge in [-0.3, -0.25) is 9.10 Å². The fraction of sp³-hybridized carbons (Fsp3) is 0.136. The van der Waals surface area contributed by atoms with Crippen LogP contribution in [0.3, 0.4) is 0 Å². The number of hydrogen-bond acceptors (Lipinski definition) is 3. The second kappa shape index (κ2) is 9.51. The minimum atomic E-state index is -4.04. The molecule has 0 unspecified atom stereocenters. The molecule has 0 fully saturated rings. The van der Waals surface area contributed by atoms with Crippen LogP contribution >= 0.6 is 23.2 Å². The van der Waals surface area contributed by atoms with Crippen LogP contribution in [0.1, 0.15) is 12.5 Å². The minimum absolute atomic E-state index is 0.0219. The van der Waals surface area contributed by atoms with Gasteiger partial charge < -0.3 is 5.32 Å². The lowest BCUT2D eigenvalue weighted by Crippen LogP contribution is -2.38. The minimum Gasteiger partial charge on any atom is -0.324 e. The van der Waals surface area contributed by atoms with Gasteiger partial charge in [-0.1, -0.05) is 54.4 Å². The number of carbonyl (C=O) groups excluding carboxylic acids is 1. The van der Waals surface area contributed by atoms with Gasteiger partial charge in [0.25, 0.3) is 10.0 Å². The molecule has 0 spiro atoms. The molecular formula is C22H20Cl2N2O3S. The summed E-state index contributed by atoms with van der Waals surface area (Å²) >= 11 is 12.0. The number of carbonyl (C=O) groups is 1. The molecule has 0 atom stereocenters. The number of hydrogen-bond donors (Lipinski definition) is 1. The van der Waals surface area contributed by atoms with E-state index in [4.69, 9.17) is 23.2 Å². The van der Waals surface area contributed by atoms with Gasteiger partial charge in [0.2, 0.25) is 5.91 Å². The Balaban J connectivity index is 1.96. The summed E-state index contributed by atoms with van der Waals surface area (Å²) in [5.74, 6) is -0.464. The summed E-state index contributed by atoms with van der Waals surface area (Å²) in [6.45, 7) is 1.57. The van der Waals surface area contributed by atoms with Crippen LogP contribution in [0.15, 0.2) is 77.7 Å². The van der Waals surface area contributed by atoms with E-state index in [-0.39, 0.29) is 10.6 Å². The standard InChI is InChI=1S/C22H20Cl2N2O3S/c1-2-16-6-3-4-9-21(16)25-22(27)15-26(19-8-5-7-18(24)14-19)30(28,29)20-12-10-17(23)11-13-20/h3-14H,2,15H2,1H3,(H,25,27). The molecule has 5 nitrogen and oxygen atoms in total. The molecule has 8 heteroatoms. The van der Waals surface area contributed by atoms with Crippen molar-refractivity contribution in [3.05, 3.63) is 88.4 Å². The number of para-hydroxylation sites is 1. The first-order valence-electron chi connectivity index (χ1n) is 9.23. The summed E-state index contributed by atoms with van der Waals surface area (Å²) in [5.41, 5.74) is 1.90. The highest BCUT2D eigenvalue weighted by molar-refractivity contribution is 7.92. The van der Waals surface area contributed by atoms with Crippen molar-refractivity contribution in [1.82, 2.24) is 0 Å². The quantitative estimate of drug-likeness (QED) is 0.511. The van der Waals surface area contributed by atoms with E-state index in [1.807, 2.05) is 25.1 Å². The average Bonchev–Trinajstić information content (AvgIpc) is 2.72. The van der Waals surface area contributed by atoms with E-state index in [1.165, 1.54) is 30.3 Å². The Hall–Kier alpha value is -2.54. The SMILES string of the molecule is CCc1ccccc1NC(=O)CN(c1cccc(Cl)c1)S(=O)(=O)c1ccc(Cl)cc1. The zero-order valence-electron chi connectivity index (χ0n) is 16.2. The van der Waals surface area contributed by atoms with Crippen LogP contribution in [0, 0.1) is 0 Å². The van der Waals surface area contributed by atoms with Gasteiger partial charge in [-0.25, -0.2) is 8.42 Å². The molecule has 30 heavy (non-hydrogen) atoms. The summed E-state index contributed by atoms with van der Waals surface area (Å²) in [5, 5.41) is 3.59. The molecule has 1 amide bonds. The van der Waals surface area contributed by atoms with Crippen LogP contribution in [-0.4, -0.2) is 20.9 Å². The molecule has 0 saturated heterocycles. The number of halogens is 2. The average molecular weight is 463 g/mol. The molecule has 3 rings (SSSR count). The third kappa shape index (κ3) is 5.14. The first-order chi connectivity index (χ1) is 14.3. The van der Waals surface area contributed by atoms with E-state index in [2.05, 4.69) is 5.32 Å². The third-order valence-electron chi connectivity index (χ3n) is 4.46. The van der Waals surface area contributed by atoms with Crippen molar-refractivity contribution in [2.45, 2.75) is 18.2 Å². The molecule has 3 aromatic rings. The van der Waals surface area contributed by atoms with Crippen LogP contribution < -0.4 is 9.62 Å². The fourth-order valence-electron chi connectivity index (χ4n) is 2.95. The van der Waals surface area contributed by atoms with E-state index in [0.717, 1.165) is 16.3 Å². The van der Waals surface area contributed by atoms with Gasteiger partial charge in [0.1, 0.15) is 6.54 Å². The normalized spacial score (nSPS) is 11.2. The van der Waals surface area contributed by atoms with Gasteiger partial charge in [0.05, 0.1) is 10.6 Å². The smallest absolute Gasteiger partial charge is 0.264 e. The molecule has 0 aromatic heterocycles. The van der Waals surface area contributed by atoms with E-state index in [0.29, 0.717) is 15.7 Å². The predicted molar refractivity (Wildman–Crippen MR) is 122 cm³/mol. The van der Waals surface area contributed by atoms with E-state index >= 15 is 0 Å². The molecule has 156 valence electrons. The highest BCUT2D eigenvalue weighted by Gasteiger charge is 2.27. The zero-order chi connectivity index (χ0) is 21.7. The topological polar surface area (TPSA) is 66.5 Å². The van der Waals surface area contributed by atoms with Gasteiger partial charge >= 0.3 is 0 Å². The molecule has 0 aliphatic heterocycles. The third-order valence-corrected chi connectivity index (χ3v) is 6.73. The Morgan fingerprint density at radius 1 is 0.933 bits per heavy atom. The molecule has 0 heterocycles. The number of nitrogens with one attached hydrogen (secondary N) is 1. The van der Waals surface area contributed by atoms with E-state index < -0.39 is 22.5 Å². The summed E-state index contributed by atoms with van der Waals surface area (Å²) in [6, 6.07) is 19.5. The number of sulfonamides is 1. The second-order valence-corrected chi connectivity index (χ2v) is 9.24. The van der Waals surface area contributed by atoms with E-state index in [9.17, 15) is 13.2 Å². The Bertz CT molecular complexity index is 1150. The fourth-order valence-corrected chi connectivity index (χ4v) is 4.67. The molecule has 0 radical (unpaired) electrons. The van der Waals surface area contributed by atoms with Gasteiger partial charge in [-0.05, 0) is 60.5 Å². The molecule has 0 aliphatic carbocycles. The lowest BCUT2D eigenvalue weighted by molar-refractivity contribution is -0.114. The Morgan fingerprint density at radius 3 is 2.30 bits per heavy atom.